The molecule has 1 heterocycles. The van der Waals surface area contributed by atoms with Crippen LogP contribution in [0.5, 0.6) is 0 Å². The van der Waals surface area contributed by atoms with E-state index in [-0.39, 0.29) is 5.95 Å². The van der Waals surface area contributed by atoms with Crippen LogP contribution in [-0.2, 0) is 0 Å². The second-order valence-corrected chi connectivity index (χ2v) is 3.55. The molecule has 2 N–H and O–H groups in total. The van der Waals surface area contributed by atoms with E-state index in [4.69, 9.17) is 11.0 Å². The van der Waals surface area contributed by atoms with Crippen LogP contribution in [0.2, 0.25) is 0 Å². The highest BCUT2D eigenvalue weighted by Gasteiger charge is 2.04. The lowest BCUT2D eigenvalue weighted by molar-refractivity contribution is 0.880. The van der Waals surface area contributed by atoms with E-state index in [1.807, 2.05) is 11.9 Å². The van der Waals surface area contributed by atoms with E-state index in [2.05, 4.69) is 32.0 Å². The summed E-state index contributed by atoms with van der Waals surface area (Å²) in [6.07, 6.45) is 0.456. The Bertz CT molecular complexity index is 339. The molecule has 0 saturated carbocycles. The van der Waals surface area contributed by atoms with Gasteiger partial charge in [0, 0.05) is 19.7 Å². The molecular formula is C8H10BrN5. The number of hydrogen-bond acceptors (Lipinski definition) is 5. The summed E-state index contributed by atoms with van der Waals surface area (Å²) in [5.41, 5.74) is 5.48. The van der Waals surface area contributed by atoms with Gasteiger partial charge < -0.3 is 10.6 Å². The van der Waals surface area contributed by atoms with Gasteiger partial charge in [-0.25, -0.2) is 4.98 Å². The van der Waals surface area contributed by atoms with Crippen LogP contribution in [0.25, 0.3) is 0 Å². The fraction of sp³-hybridized carbons (Fsp3) is 0.375. The first-order valence-corrected chi connectivity index (χ1v) is 4.81. The van der Waals surface area contributed by atoms with Crippen molar-refractivity contribution in [3.8, 4) is 6.07 Å². The Morgan fingerprint density at radius 1 is 1.64 bits per heavy atom. The first-order valence-electron chi connectivity index (χ1n) is 4.01. The quantitative estimate of drug-likeness (QED) is 0.821. The van der Waals surface area contributed by atoms with Gasteiger partial charge >= 0.3 is 0 Å². The van der Waals surface area contributed by atoms with E-state index < -0.39 is 0 Å². The van der Waals surface area contributed by atoms with Gasteiger partial charge in [-0.05, 0) is 15.9 Å². The molecule has 1 rings (SSSR count). The van der Waals surface area contributed by atoms with Crippen molar-refractivity contribution in [2.75, 3.05) is 24.2 Å². The van der Waals surface area contributed by atoms with E-state index in [0.717, 1.165) is 0 Å². The van der Waals surface area contributed by atoms with E-state index >= 15 is 0 Å². The number of anilines is 2. The number of hydrogen-bond donors (Lipinski definition) is 1. The molecule has 0 aliphatic heterocycles. The normalized spacial score (nSPS) is 9.50. The predicted molar refractivity (Wildman–Crippen MR) is 57.6 cm³/mol. The van der Waals surface area contributed by atoms with Crippen molar-refractivity contribution in [1.82, 2.24) is 9.97 Å². The lowest BCUT2D eigenvalue weighted by atomic mass is 10.4. The van der Waals surface area contributed by atoms with Crippen molar-refractivity contribution >= 4 is 27.7 Å². The van der Waals surface area contributed by atoms with Crippen molar-refractivity contribution in [2.24, 2.45) is 0 Å². The average molecular weight is 256 g/mol. The zero-order valence-corrected chi connectivity index (χ0v) is 9.32. The molecule has 0 atom stereocenters. The number of nitrogens with zero attached hydrogens (tertiary/aromatic N) is 4. The standard InChI is InChI=1S/C8H10BrN5/c1-14(4-2-3-10)7-5-6(9)12-8(11)13-7/h5H,2,4H2,1H3,(H2,11,12,13). The molecule has 0 fully saturated rings. The van der Waals surface area contributed by atoms with Crippen LogP contribution in [-0.4, -0.2) is 23.6 Å². The fourth-order valence-corrected chi connectivity index (χ4v) is 1.34. The Morgan fingerprint density at radius 3 is 2.93 bits per heavy atom. The number of nitrogen functional groups attached to an aromatic ring is 1. The van der Waals surface area contributed by atoms with Crippen LogP contribution in [0.15, 0.2) is 10.7 Å². The summed E-state index contributed by atoms with van der Waals surface area (Å²) < 4.78 is 0.642. The van der Waals surface area contributed by atoms with Crippen LogP contribution in [0.3, 0.4) is 0 Å². The summed E-state index contributed by atoms with van der Waals surface area (Å²) in [6.45, 7) is 0.624. The van der Waals surface area contributed by atoms with Crippen molar-refractivity contribution in [3.05, 3.63) is 10.7 Å². The van der Waals surface area contributed by atoms with Crippen molar-refractivity contribution in [1.29, 1.82) is 5.26 Å². The summed E-state index contributed by atoms with van der Waals surface area (Å²) in [4.78, 5) is 9.78. The van der Waals surface area contributed by atoms with E-state index in [1.165, 1.54) is 0 Å². The minimum absolute atomic E-state index is 0.221. The molecule has 74 valence electrons. The smallest absolute Gasteiger partial charge is 0.223 e. The monoisotopic (exact) mass is 255 g/mol. The van der Waals surface area contributed by atoms with E-state index in [0.29, 0.717) is 23.4 Å². The summed E-state index contributed by atoms with van der Waals surface area (Å²) in [5.74, 6) is 0.929. The number of nitrogens with two attached hydrogens (primary N) is 1. The van der Waals surface area contributed by atoms with Gasteiger partial charge in [0.15, 0.2) is 0 Å². The van der Waals surface area contributed by atoms with Crippen LogP contribution >= 0.6 is 15.9 Å². The molecule has 14 heavy (non-hydrogen) atoms. The van der Waals surface area contributed by atoms with Gasteiger partial charge in [-0.2, -0.15) is 10.2 Å². The highest BCUT2D eigenvalue weighted by Crippen LogP contribution is 2.16. The first kappa shape index (κ1) is 10.7. The zero-order chi connectivity index (χ0) is 10.6. The van der Waals surface area contributed by atoms with Gasteiger partial charge in [0.25, 0.3) is 0 Å². The third-order valence-corrected chi connectivity index (χ3v) is 2.06. The summed E-state index contributed by atoms with van der Waals surface area (Å²) in [5, 5.41) is 8.43. The molecular weight excluding hydrogens is 246 g/mol. The number of nitriles is 1. The maximum atomic E-state index is 8.43. The van der Waals surface area contributed by atoms with Crippen molar-refractivity contribution in [2.45, 2.75) is 6.42 Å². The van der Waals surface area contributed by atoms with Gasteiger partial charge in [0.1, 0.15) is 10.4 Å². The molecule has 1 aromatic heterocycles. The van der Waals surface area contributed by atoms with Gasteiger partial charge in [0.05, 0.1) is 12.5 Å². The van der Waals surface area contributed by atoms with Crippen LogP contribution in [0.1, 0.15) is 6.42 Å². The lowest BCUT2D eigenvalue weighted by Gasteiger charge is -2.16. The maximum Gasteiger partial charge on any atom is 0.223 e. The molecule has 0 amide bonds. The molecule has 0 saturated heterocycles. The second-order valence-electron chi connectivity index (χ2n) is 2.74. The zero-order valence-electron chi connectivity index (χ0n) is 7.74. The molecule has 0 bridgehead atoms. The molecule has 5 nitrogen and oxygen atoms in total. The molecule has 0 unspecified atom stereocenters. The minimum atomic E-state index is 0.221. The predicted octanol–water partition coefficient (Wildman–Crippen LogP) is 1.17. The minimum Gasteiger partial charge on any atom is -0.368 e. The molecule has 1 aromatic rings. The fourth-order valence-electron chi connectivity index (χ4n) is 0.951. The highest BCUT2D eigenvalue weighted by atomic mass is 79.9. The van der Waals surface area contributed by atoms with Gasteiger partial charge in [-0.3, -0.25) is 0 Å². The Morgan fingerprint density at radius 2 is 2.36 bits per heavy atom. The summed E-state index contributed by atoms with van der Waals surface area (Å²) in [6, 6.07) is 3.83. The highest BCUT2D eigenvalue weighted by molar-refractivity contribution is 9.10. The SMILES string of the molecule is CN(CCC#N)c1cc(Br)nc(N)n1. The van der Waals surface area contributed by atoms with E-state index in [1.54, 1.807) is 6.07 Å². The van der Waals surface area contributed by atoms with Gasteiger partial charge in [-0.15, -0.1) is 0 Å². The largest absolute Gasteiger partial charge is 0.368 e. The Labute approximate surface area is 90.7 Å². The molecule has 0 aliphatic carbocycles. The number of halogens is 1. The second kappa shape index (κ2) is 4.77. The third-order valence-electron chi connectivity index (χ3n) is 1.65. The maximum absolute atomic E-state index is 8.43. The number of rotatable bonds is 3. The number of aromatic nitrogens is 2. The molecule has 0 aliphatic rings. The average Bonchev–Trinajstić information content (AvgIpc) is 2.12. The summed E-state index contributed by atoms with van der Waals surface area (Å²) >= 11 is 3.23. The summed E-state index contributed by atoms with van der Waals surface area (Å²) in [7, 11) is 1.85. The van der Waals surface area contributed by atoms with Crippen LogP contribution in [0.4, 0.5) is 11.8 Å². The Balaban J connectivity index is 2.79. The lowest BCUT2D eigenvalue weighted by Crippen LogP contribution is -2.20. The first-order chi connectivity index (χ1) is 6.63. The van der Waals surface area contributed by atoms with Gasteiger partial charge in [-0.1, -0.05) is 0 Å². The third kappa shape index (κ3) is 2.85. The van der Waals surface area contributed by atoms with E-state index in [9.17, 15) is 0 Å². The van der Waals surface area contributed by atoms with Crippen LogP contribution in [0, 0.1) is 11.3 Å². The molecule has 0 radical (unpaired) electrons. The van der Waals surface area contributed by atoms with Crippen LogP contribution < -0.4 is 10.6 Å². The Kier molecular flexibility index (Phi) is 3.65. The van der Waals surface area contributed by atoms with Gasteiger partial charge in [0.2, 0.25) is 5.95 Å². The molecule has 0 spiro atoms. The molecule has 0 aromatic carbocycles. The Hall–Kier alpha value is -1.35. The molecule has 6 heteroatoms. The topological polar surface area (TPSA) is 78.8 Å². The van der Waals surface area contributed by atoms with Crippen molar-refractivity contribution in [3.63, 3.8) is 0 Å². The van der Waals surface area contributed by atoms with Crippen molar-refractivity contribution < 1.29 is 0 Å².